The summed E-state index contributed by atoms with van der Waals surface area (Å²) in [4.78, 5) is 7.83. The van der Waals surface area contributed by atoms with Crippen molar-refractivity contribution in [2.45, 2.75) is 6.42 Å². The first-order valence-corrected chi connectivity index (χ1v) is 3.64. The van der Waals surface area contributed by atoms with Crippen LogP contribution in [0.3, 0.4) is 0 Å². The zero-order valence-electron chi connectivity index (χ0n) is 6.12. The average Bonchev–Trinajstić information content (AvgIpc) is 1.99. The second-order valence-electron chi connectivity index (χ2n) is 2.52. The van der Waals surface area contributed by atoms with Crippen LogP contribution in [-0.2, 0) is 0 Å². The number of nitrogens with zero attached hydrogens (tertiary/aromatic N) is 2. The van der Waals surface area contributed by atoms with Gasteiger partial charge in [-0.2, -0.15) is 0 Å². The summed E-state index contributed by atoms with van der Waals surface area (Å²) in [6.07, 6.45) is 8.37. The highest BCUT2D eigenvalue weighted by Crippen LogP contribution is 2.10. The maximum atomic E-state index is 3.91. The molecule has 0 saturated carbocycles. The van der Waals surface area contributed by atoms with Crippen molar-refractivity contribution < 1.29 is 0 Å². The third kappa shape index (κ3) is 1.37. The highest BCUT2D eigenvalue weighted by atomic mass is 14.9. The minimum Gasteiger partial charge on any atom is -0.388 e. The lowest BCUT2D eigenvalue weighted by Crippen LogP contribution is -2.27. The Bertz CT molecular complexity index is 260. The molecule has 1 aromatic heterocycles. The first-order chi connectivity index (χ1) is 5.45. The minimum absolute atomic E-state index is 1.06. The van der Waals surface area contributed by atoms with Crippen molar-refractivity contribution in [3.8, 4) is 0 Å². The summed E-state index contributed by atoms with van der Waals surface area (Å²) < 4.78 is 0. The smallest absolute Gasteiger partial charge is 0.115 e. The van der Waals surface area contributed by atoms with Crippen LogP contribution in [0.4, 0.5) is 0 Å². The second kappa shape index (κ2) is 2.70. The van der Waals surface area contributed by atoms with Crippen molar-refractivity contribution in [3.63, 3.8) is 0 Å². The van der Waals surface area contributed by atoms with Gasteiger partial charge in [-0.3, -0.25) is 0 Å². The molecule has 0 aliphatic carbocycles. The fourth-order valence-electron chi connectivity index (χ4n) is 0.979. The Morgan fingerprint density at radius 3 is 2.64 bits per heavy atom. The standard InChI is InChI=1S/C8H9N3/c1-2-11-8(1)3-7-4-9-6-10-5-7/h3-6,11H,1-2H2/b8-3+. The zero-order chi connectivity index (χ0) is 7.52. The molecule has 0 aromatic carbocycles. The first-order valence-electron chi connectivity index (χ1n) is 3.64. The molecule has 11 heavy (non-hydrogen) atoms. The Kier molecular flexibility index (Phi) is 1.55. The van der Waals surface area contributed by atoms with Gasteiger partial charge in [0.15, 0.2) is 0 Å². The number of aromatic nitrogens is 2. The molecule has 3 nitrogen and oxygen atoms in total. The van der Waals surface area contributed by atoms with Gasteiger partial charge in [-0.25, -0.2) is 9.97 Å². The van der Waals surface area contributed by atoms with Crippen LogP contribution in [0.25, 0.3) is 6.08 Å². The first kappa shape index (κ1) is 6.34. The largest absolute Gasteiger partial charge is 0.388 e. The Morgan fingerprint density at radius 1 is 1.36 bits per heavy atom. The van der Waals surface area contributed by atoms with E-state index in [9.17, 15) is 0 Å². The van der Waals surface area contributed by atoms with Gasteiger partial charge in [-0.15, -0.1) is 0 Å². The van der Waals surface area contributed by atoms with Gasteiger partial charge in [0.05, 0.1) is 0 Å². The Labute approximate surface area is 65.2 Å². The number of rotatable bonds is 1. The van der Waals surface area contributed by atoms with Crippen LogP contribution < -0.4 is 5.32 Å². The van der Waals surface area contributed by atoms with Crippen LogP contribution in [-0.4, -0.2) is 16.5 Å². The summed E-state index contributed by atoms with van der Waals surface area (Å²) in [6.45, 7) is 1.10. The van der Waals surface area contributed by atoms with E-state index in [0.717, 1.165) is 18.5 Å². The van der Waals surface area contributed by atoms with Crippen molar-refractivity contribution in [1.29, 1.82) is 0 Å². The van der Waals surface area contributed by atoms with Crippen molar-refractivity contribution >= 4 is 6.08 Å². The molecule has 1 fully saturated rings. The summed E-state index contributed by atoms with van der Waals surface area (Å²) in [6, 6.07) is 0. The molecule has 1 aromatic rings. The van der Waals surface area contributed by atoms with E-state index in [-0.39, 0.29) is 0 Å². The van der Waals surface area contributed by atoms with Crippen LogP contribution in [0, 0.1) is 0 Å². The lowest BCUT2D eigenvalue weighted by atomic mass is 10.1. The van der Waals surface area contributed by atoms with Gasteiger partial charge in [0.2, 0.25) is 0 Å². The van der Waals surface area contributed by atoms with Crippen LogP contribution >= 0.6 is 0 Å². The molecule has 0 spiro atoms. The van der Waals surface area contributed by atoms with E-state index < -0.39 is 0 Å². The quantitative estimate of drug-likeness (QED) is 0.638. The van der Waals surface area contributed by atoms with E-state index in [1.54, 1.807) is 12.4 Å². The van der Waals surface area contributed by atoms with E-state index >= 15 is 0 Å². The normalized spacial score (nSPS) is 19.1. The highest BCUT2D eigenvalue weighted by molar-refractivity contribution is 5.51. The second-order valence-corrected chi connectivity index (χ2v) is 2.52. The van der Waals surface area contributed by atoms with Crippen LogP contribution in [0.1, 0.15) is 12.0 Å². The fraction of sp³-hybridized carbons (Fsp3) is 0.250. The summed E-state index contributed by atoms with van der Waals surface area (Å²) in [5.41, 5.74) is 2.34. The topological polar surface area (TPSA) is 37.8 Å². The number of hydrogen-bond acceptors (Lipinski definition) is 3. The van der Waals surface area contributed by atoms with Gasteiger partial charge in [0.25, 0.3) is 0 Å². The van der Waals surface area contributed by atoms with E-state index in [1.165, 1.54) is 12.0 Å². The summed E-state index contributed by atoms with van der Waals surface area (Å²) >= 11 is 0. The molecule has 1 N–H and O–H groups in total. The highest BCUT2D eigenvalue weighted by Gasteiger charge is 2.05. The van der Waals surface area contributed by atoms with Gasteiger partial charge in [-0.1, -0.05) is 0 Å². The van der Waals surface area contributed by atoms with Crippen molar-refractivity contribution in [3.05, 3.63) is 30.0 Å². The maximum absolute atomic E-state index is 3.91. The molecular formula is C8H9N3. The van der Waals surface area contributed by atoms with Gasteiger partial charge in [0, 0.05) is 36.6 Å². The summed E-state index contributed by atoms with van der Waals surface area (Å²) in [5, 5.41) is 3.20. The third-order valence-corrected chi connectivity index (χ3v) is 1.67. The minimum atomic E-state index is 1.06. The molecule has 1 aliphatic rings. The molecule has 0 radical (unpaired) electrons. The molecule has 0 atom stereocenters. The molecule has 2 rings (SSSR count). The molecule has 0 amide bonds. The zero-order valence-corrected chi connectivity index (χ0v) is 6.12. The lowest BCUT2D eigenvalue weighted by molar-refractivity contribution is 0.641. The van der Waals surface area contributed by atoms with Crippen LogP contribution in [0.15, 0.2) is 24.4 Å². The van der Waals surface area contributed by atoms with Gasteiger partial charge in [-0.05, 0) is 6.08 Å². The van der Waals surface area contributed by atoms with Crippen LogP contribution in [0.5, 0.6) is 0 Å². The predicted octanol–water partition coefficient (Wildman–Crippen LogP) is 0.811. The SMILES string of the molecule is C(=C1/CCN1)/c1cncnc1. The van der Waals surface area contributed by atoms with E-state index in [2.05, 4.69) is 21.4 Å². The van der Waals surface area contributed by atoms with E-state index in [4.69, 9.17) is 0 Å². The van der Waals surface area contributed by atoms with Gasteiger partial charge >= 0.3 is 0 Å². The average molecular weight is 147 g/mol. The number of nitrogens with one attached hydrogen (secondary N) is 1. The maximum Gasteiger partial charge on any atom is 0.115 e. The molecule has 1 aliphatic heterocycles. The monoisotopic (exact) mass is 147 g/mol. The van der Waals surface area contributed by atoms with Gasteiger partial charge in [0.1, 0.15) is 6.33 Å². The summed E-state index contributed by atoms with van der Waals surface area (Å²) in [7, 11) is 0. The third-order valence-electron chi connectivity index (χ3n) is 1.67. The van der Waals surface area contributed by atoms with Crippen molar-refractivity contribution in [2.75, 3.05) is 6.54 Å². The predicted molar refractivity (Wildman–Crippen MR) is 42.6 cm³/mol. The van der Waals surface area contributed by atoms with Gasteiger partial charge < -0.3 is 5.32 Å². The molecule has 2 heterocycles. The van der Waals surface area contributed by atoms with Crippen molar-refractivity contribution in [2.24, 2.45) is 0 Å². The molecular weight excluding hydrogens is 138 g/mol. The molecule has 1 saturated heterocycles. The molecule has 56 valence electrons. The molecule has 3 heteroatoms. The summed E-state index contributed by atoms with van der Waals surface area (Å²) in [5.74, 6) is 0. The molecule has 0 unspecified atom stereocenters. The Hall–Kier alpha value is -1.38. The van der Waals surface area contributed by atoms with Crippen LogP contribution in [0.2, 0.25) is 0 Å². The fourth-order valence-corrected chi connectivity index (χ4v) is 0.979. The van der Waals surface area contributed by atoms with Crippen molar-refractivity contribution in [1.82, 2.24) is 15.3 Å². The lowest BCUT2D eigenvalue weighted by Gasteiger charge is -2.19. The van der Waals surface area contributed by atoms with E-state index in [0.29, 0.717) is 0 Å². The number of hydrogen-bond donors (Lipinski definition) is 1. The Morgan fingerprint density at radius 2 is 2.09 bits per heavy atom. The Balaban J connectivity index is 2.17. The van der Waals surface area contributed by atoms with E-state index in [1.807, 2.05) is 0 Å². The molecule has 0 bridgehead atoms.